The van der Waals surface area contributed by atoms with Gasteiger partial charge in [0.25, 0.3) is 5.91 Å². The fourth-order valence-electron chi connectivity index (χ4n) is 4.28. The molecule has 0 aliphatic carbocycles. The fraction of sp³-hybridized carbons (Fsp3) is 0.375. The molecule has 1 saturated heterocycles. The van der Waals surface area contributed by atoms with Crippen LogP contribution in [0, 0.1) is 6.92 Å². The van der Waals surface area contributed by atoms with Crippen molar-refractivity contribution in [2.75, 3.05) is 19.7 Å². The van der Waals surface area contributed by atoms with Gasteiger partial charge in [0.15, 0.2) is 11.4 Å². The number of carboxylic acids is 1. The summed E-state index contributed by atoms with van der Waals surface area (Å²) in [6, 6.07) is 10.7. The van der Waals surface area contributed by atoms with Crippen LogP contribution in [0.4, 0.5) is 0 Å². The molecule has 168 valence electrons. The van der Waals surface area contributed by atoms with Gasteiger partial charge in [0, 0.05) is 25.3 Å². The Morgan fingerprint density at radius 3 is 2.75 bits per heavy atom. The molecular formula is C24H28N4O4. The number of aromatic nitrogens is 2. The number of hydrogen-bond donors (Lipinski definition) is 2. The van der Waals surface area contributed by atoms with Crippen molar-refractivity contribution in [3.05, 3.63) is 65.1 Å². The highest BCUT2D eigenvalue weighted by Crippen LogP contribution is 2.22. The molecule has 2 N–H and O–H groups in total. The lowest BCUT2D eigenvalue weighted by molar-refractivity contribution is 0.0696. The normalized spacial score (nSPS) is 16.8. The molecule has 1 amide bonds. The third kappa shape index (κ3) is 4.60. The van der Waals surface area contributed by atoms with Crippen molar-refractivity contribution in [1.82, 2.24) is 19.6 Å². The number of carboxylic acid groups (broad SMARTS) is 1. The number of pyridine rings is 1. The molecule has 0 bridgehead atoms. The van der Waals surface area contributed by atoms with Gasteiger partial charge in [-0.25, -0.2) is 9.78 Å². The zero-order valence-electron chi connectivity index (χ0n) is 18.4. The van der Waals surface area contributed by atoms with Crippen LogP contribution in [0.15, 0.2) is 42.6 Å². The van der Waals surface area contributed by atoms with E-state index in [4.69, 9.17) is 9.84 Å². The minimum absolute atomic E-state index is 0.0366. The molecule has 1 aliphatic heterocycles. The van der Waals surface area contributed by atoms with Crippen molar-refractivity contribution in [1.29, 1.82) is 0 Å². The first kappa shape index (κ1) is 21.8. The molecule has 4 rings (SSSR count). The number of piperidine rings is 1. The second-order valence-corrected chi connectivity index (χ2v) is 8.09. The number of imidazole rings is 1. The third-order valence-electron chi connectivity index (χ3n) is 5.75. The lowest BCUT2D eigenvalue weighted by atomic mass is 10.0. The molecule has 0 saturated carbocycles. The van der Waals surface area contributed by atoms with Crippen molar-refractivity contribution < 1.29 is 19.4 Å². The summed E-state index contributed by atoms with van der Waals surface area (Å²) in [5, 5.41) is 12.2. The van der Waals surface area contributed by atoms with Gasteiger partial charge < -0.3 is 15.2 Å². The van der Waals surface area contributed by atoms with Crippen LogP contribution in [0.3, 0.4) is 0 Å². The smallest absolute Gasteiger partial charge is 0.335 e. The number of nitrogens with one attached hydrogen (secondary N) is 1. The maximum atomic E-state index is 13.2. The molecule has 1 aliphatic rings. The van der Waals surface area contributed by atoms with Gasteiger partial charge in [-0.1, -0.05) is 12.1 Å². The van der Waals surface area contributed by atoms with E-state index >= 15 is 0 Å². The Hall–Kier alpha value is -3.39. The first-order chi connectivity index (χ1) is 15.5. The van der Waals surface area contributed by atoms with Crippen LogP contribution in [0.1, 0.15) is 51.9 Å². The number of benzene rings is 1. The Morgan fingerprint density at radius 2 is 2.03 bits per heavy atom. The predicted octanol–water partition coefficient (Wildman–Crippen LogP) is 3.13. The highest BCUT2D eigenvalue weighted by Gasteiger charge is 2.25. The molecule has 8 nitrogen and oxygen atoms in total. The third-order valence-corrected chi connectivity index (χ3v) is 5.75. The molecule has 0 unspecified atom stereocenters. The zero-order valence-corrected chi connectivity index (χ0v) is 18.4. The summed E-state index contributed by atoms with van der Waals surface area (Å²) in [6.45, 7) is 6.70. The number of nitrogens with zero attached hydrogens (tertiary/aromatic N) is 3. The Kier molecular flexibility index (Phi) is 6.41. The Bertz CT molecular complexity index is 1120. The first-order valence-electron chi connectivity index (χ1n) is 10.9. The molecule has 3 aromatic rings. The molecule has 32 heavy (non-hydrogen) atoms. The average molecular weight is 437 g/mol. The van der Waals surface area contributed by atoms with E-state index in [2.05, 4.69) is 15.2 Å². The molecule has 8 heteroatoms. The number of aromatic carboxylic acids is 1. The van der Waals surface area contributed by atoms with Crippen LogP contribution in [0.25, 0.3) is 5.65 Å². The van der Waals surface area contributed by atoms with E-state index in [0.29, 0.717) is 29.4 Å². The predicted molar refractivity (Wildman–Crippen MR) is 120 cm³/mol. The molecule has 2 aromatic heterocycles. The van der Waals surface area contributed by atoms with Gasteiger partial charge in [-0.2, -0.15) is 0 Å². The van der Waals surface area contributed by atoms with Crippen molar-refractivity contribution in [2.45, 2.75) is 39.3 Å². The molecule has 3 heterocycles. The second-order valence-electron chi connectivity index (χ2n) is 8.09. The Balaban J connectivity index is 1.44. The first-order valence-corrected chi connectivity index (χ1v) is 10.9. The van der Waals surface area contributed by atoms with Gasteiger partial charge >= 0.3 is 5.97 Å². The van der Waals surface area contributed by atoms with Crippen molar-refractivity contribution in [2.24, 2.45) is 0 Å². The van der Waals surface area contributed by atoms with E-state index in [9.17, 15) is 9.59 Å². The van der Waals surface area contributed by atoms with Crippen LogP contribution in [0.5, 0.6) is 5.75 Å². The van der Waals surface area contributed by atoms with Gasteiger partial charge in [0.05, 0.1) is 17.9 Å². The van der Waals surface area contributed by atoms with Crippen LogP contribution in [-0.4, -0.2) is 57.0 Å². The SMILES string of the molecule is CCOc1cccn2c(C(=O)N[C@H]3CCCN(Cc4ccc(C(=O)O)cc4)C3)c(C)nc12. The van der Waals surface area contributed by atoms with Gasteiger partial charge in [-0.15, -0.1) is 0 Å². The molecule has 1 fully saturated rings. The summed E-state index contributed by atoms with van der Waals surface area (Å²) in [4.78, 5) is 31.0. The van der Waals surface area contributed by atoms with Gasteiger partial charge in [0.2, 0.25) is 0 Å². The summed E-state index contributed by atoms with van der Waals surface area (Å²) in [5.74, 6) is -0.399. The van der Waals surface area contributed by atoms with E-state index in [1.165, 1.54) is 0 Å². The maximum absolute atomic E-state index is 13.2. The van der Waals surface area contributed by atoms with Crippen molar-refractivity contribution in [3.63, 3.8) is 0 Å². The lowest BCUT2D eigenvalue weighted by Gasteiger charge is -2.33. The van der Waals surface area contributed by atoms with E-state index < -0.39 is 5.97 Å². The number of fused-ring (bicyclic) bond motifs is 1. The fourth-order valence-corrected chi connectivity index (χ4v) is 4.28. The topological polar surface area (TPSA) is 96.2 Å². The lowest BCUT2D eigenvalue weighted by Crippen LogP contribution is -2.47. The number of amides is 1. The summed E-state index contributed by atoms with van der Waals surface area (Å²) >= 11 is 0. The Morgan fingerprint density at radius 1 is 1.25 bits per heavy atom. The number of carbonyl (C=O) groups excluding carboxylic acids is 1. The standard InChI is InChI=1S/C24H28N4O4/c1-3-32-20-7-5-13-28-21(16(2)25-22(20)28)23(29)26-19-6-4-12-27(15-19)14-17-8-10-18(11-9-17)24(30)31/h5,7-11,13,19H,3-4,6,12,14-15H2,1-2H3,(H,26,29)(H,30,31)/t19-/m0/s1. The number of carbonyl (C=O) groups is 2. The number of rotatable bonds is 7. The van der Waals surface area contributed by atoms with Crippen LogP contribution in [-0.2, 0) is 6.54 Å². The monoisotopic (exact) mass is 436 g/mol. The van der Waals surface area contributed by atoms with Crippen LogP contribution in [0.2, 0.25) is 0 Å². The van der Waals surface area contributed by atoms with E-state index in [1.54, 1.807) is 16.5 Å². The number of likely N-dealkylation sites (tertiary alicyclic amines) is 1. The quantitative estimate of drug-likeness (QED) is 0.591. The zero-order chi connectivity index (χ0) is 22.7. The van der Waals surface area contributed by atoms with Crippen LogP contribution >= 0.6 is 0 Å². The number of aryl methyl sites for hydroxylation is 1. The van der Waals surface area contributed by atoms with Crippen molar-refractivity contribution in [3.8, 4) is 5.75 Å². The molecule has 0 radical (unpaired) electrons. The minimum atomic E-state index is -0.923. The second kappa shape index (κ2) is 9.40. The molecule has 1 atom stereocenters. The number of hydrogen-bond acceptors (Lipinski definition) is 5. The van der Waals surface area contributed by atoms with Crippen molar-refractivity contribution >= 4 is 17.5 Å². The van der Waals surface area contributed by atoms with Gasteiger partial charge in [0.1, 0.15) is 5.69 Å². The highest BCUT2D eigenvalue weighted by atomic mass is 16.5. The summed E-state index contributed by atoms with van der Waals surface area (Å²) < 4.78 is 7.45. The van der Waals surface area contributed by atoms with E-state index in [1.807, 2.05) is 44.3 Å². The summed E-state index contributed by atoms with van der Waals surface area (Å²) in [7, 11) is 0. The highest BCUT2D eigenvalue weighted by molar-refractivity contribution is 5.95. The number of ether oxygens (including phenoxy) is 1. The van der Waals surface area contributed by atoms with Crippen LogP contribution < -0.4 is 10.1 Å². The molecule has 1 aromatic carbocycles. The Labute approximate surface area is 186 Å². The maximum Gasteiger partial charge on any atom is 0.335 e. The summed E-state index contributed by atoms with van der Waals surface area (Å²) in [6.07, 6.45) is 3.74. The van der Waals surface area contributed by atoms with E-state index in [-0.39, 0.29) is 17.5 Å². The minimum Gasteiger partial charge on any atom is -0.490 e. The average Bonchev–Trinajstić information content (AvgIpc) is 3.11. The largest absolute Gasteiger partial charge is 0.490 e. The van der Waals surface area contributed by atoms with Gasteiger partial charge in [-0.05, 0) is 63.1 Å². The molecule has 0 spiro atoms. The summed E-state index contributed by atoms with van der Waals surface area (Å²) in [5.41, 5.74) is 3.19. The molecular weight excluding hydrogens is 408 g/mol. The van der Waals surface area contributed by atoms with Gasteiger partial charge in [-0.3, -0.25) is 14.1 Å². The van der Waals surface area contributed by atoms with E-state index in [0.717, 1.165) is 38.0 Å².